The van der Waals surface area contributed by atoms with Crippen LogP contribution in [0.25, 0.3) is 10.9 Å². The Kier molecular flexibility index (Phi) is 29.0. The van der Waals surface area contributed by atoms with Crippen LogP contribution in [0.1, 0.15) is 117 Å². The van der Waals surface area contributed by atoms with Gasteiger partial charge in [-0.25, -0.2) is 9.07 Å². The number of nitrogens with zero attached hydrogens (tertiary/aromatic N) is 7. The summed E-state index contributed by atoms with van der Waals surface area (Å²) in [6.07, 6.45) is -1.66. The molecule has 33 heteroatoms. The molecule has 4 aromatic carbocycles. The van der Waals surface area contributed by atoms with Crippen LogP contribution in [0.5, 0.6) is 5.75 Å². The number of carbonyl (C=O) groups is 12. The van der Waals surface area contributed by atoms with Gasteiger partial charge in [-0.1, -0.05) is 65.9 Å². The molecule has 116 heavy (non-hydrogen) atoms. The van der Waals surface area contributed by atoms with Gasteiger partial charge in [0.25, 0.3) is 0 Å². The standard InChI is InChI=1S/C83H106FN15O17/c1-50-77(107)91-64-38-54-10-8-11-55(36-54)43-86-75(106)49-116-71-25-30-97-76(71)70(102)42-62(51(2)100)78(108)92-65(37-53-14-19-61(113-7)20-15-53)81(111)98-29-9-27-83(98,3)82(112)85-28-24-52-12-16-56(17-13-52)67(48-96-47-60(93-94-96)46-95-45-58(39-57(80(97)110)40-69(64)101)63-41-59(84)18-21-68(63)95)90-74(105)23-22-73(104)89-66(79(109)88-50)44-87-72(103)26-32-114-34-35-115-33-31-99(4,5)6/h8,10-21,36,41,45,47,50-51,57,62,64-67,71,76,100H,9,22-35,37-40,42-44,46,48-49H2,1-7H3,(H7-,85,86,87,88,89,90,91,92,103,104,105,106,107,108,109,112)/p+1/t50-,51-,57-,62+,64+,65+,66+,67-,71+,76-,83+/m1/s1. The van der Waals surface area contributed by atoms with E-state index >= 15 is 28.4 Å². The number of quaternary nitrogens is 1. The van der Waals surface area contributed by atoms with Gasteiger partial charge in [0.2, 0.25) is 59.1 Å². The van der Waals surface area contributed by atoms with Crippen LogP contribution in [-0.4, -0.2) is 252 Å². The molecule has 12 rings (SSSR count). The van der Waals surface area contributed by atoms with E-state index in [0.29, 0.717) is 74.1 Å². The summed E-state index contributed by atoms with van der Waals surface area (Å²) in [5.74, 6) is -11.9. The Balaban J connectivity index is 1.00. The molecule has 2 aromatic heterocycles. The summed E-state index contributed by atoms with van der Waals surface area (Å²) in [5.41, 5.74) is 2.79. The monoisotopic (exact) mass is 1600 g/mol. The van der Waals surface area contributed by atoms with Crippen LogP contribution in [-0.2, 0) is 117 Å². The minimum Gasteiger partial charge on any atom is -0.497 e. The van der Waals surface area contributed by atoms with Gasteiger partial charge in [-0.3, -0.25) is 57.5 Å². The molecular formula is C83H107FN15O17+. The average molecular weight is 1610 g/mol. The van der Waals surface area contributed by atoms with Crippen molar-refractivity contribution in [1.29, 1.82) is 0 Å². The molecule has 0 saturated carbocycles. The minimum absolute atomic E-state index is 0.00647. The van der Waals surface area contributed by atoms with Gasteiger partial charge in [0.05, 0.1) is 104 Å². The van der Waals surface area contributed by atoms with Gasteiger partial charge in [0.1, 0.15) is 60.1 Å². The van der Waals surface area contributed by atoms with E-state index in [-0.39, 0.29) is 97.6 Å². The van der Waals surface area contributed by atoms with Gasteiger partial charge in [0, 0.05) is 94.3 Å². The number of halogens is 1. The van der Waals surface area contributed by atoms with Gasteiger partial charge in [-0.15, -0.1) is 5.10 Å². The number of aliphatic hydroxyl groups excluding tert-OH is 1. The maximum Gasteiger partial charge on any atom is 0.246 e. The molecule has 2 saturated heterocycles. The highest BCUT2D eigenvalue weighted by Gasteiger charge is 2.50. The van der Waals surface area contributed by atoms with Crippen LogP contribution >= 0.6 is 0 Å². The predicted octanol–water partition coefficient (Wildman–Crippen LogP) is 1.51. The lowest BCUT2D eigenvalue weighted by molar-refractivity contribution is -0.870. The van der Waals surface area contributed by atoms with Crippen molar-refractivity contribution < 1.29 is 90.5 Å². The fraction of sp³-hybridized carbons (Fsp3) is 0.518. The van der Waals surface area contributed by atoms with E-state index in [1.165, 1.54) is 47.6 Å². The summed E-state index contributed by atoms with van der Waals surface area (Å²) in [5, 5.41) is 43.5. The van der Waals surface area contributed by atoms with Gasteiger partial charge in [-0.05, 0) is 123 Å². The van der Waals surface area contributed by atoms with Crippen molar-refractivity contribution in [3.8, 4) is 5.75 Å². The Hall–Kier alpha value is -10.9. The Bertz CT molecular complexity index is 4560. The summed E-state index contributed by atoms with van der Waals surface area (Å²) in [4.78, 5) is 181. The molecule has 10 amide bonds. The quantitative estimate of drug-likeness (QED) is 0.0520. The first-order valence-corrected chi connectivity index (χ1v) is 39.7. The maximum atomic E-state index is 16.3. The topological polar surface area (TPSA) is 400 Å². The molecule has 2 fully saturated rings. The lowest BCUT2D eigenvalue weighted by Crippen LogP contribution is -2.60. The smallest absolute Gasteiger partial charge is 0.246 e. The molecule has 6 aromatic rings. The minimum atomic E-state index is -1.61. The van der Waals surface area contributed by atoms with Crippen LogP contribution in [0, 0.1) is 17.7 Å². The van der Waals surface area contributed by atoms with Crippen LogP contribution < -0.4 is 47.3 Å². The van der Waals surface area contributed by atoms with E-state index in [0.717, 1.165) is 12.1 Å². The summed E-state index contributed by atoms with van der Waals surface area (Å²) in [7, 11) is 7.61. The number of ether oxygens (including phenoxy) is 4. The zero-order valence-electron chi connectivity index (χ0n) is 66.8. The van der Waals surface area contributed by atoms with Gasteiger partial charge in [-0.2, -0.15) is 0 Å². The Morgan fingerprint density at radius 3 is 2.22 bits per heavy atom. The third-order valence-electron chi connectivity index (χ3n) is 22.1. The van der Waals surface area contributed by atoms with Gasteiger partial charge in [0.15, 0.2) is 11.6 Å². The van der Waals surface area contributed by atoms with E-state index < -0.39 is 181 Å². The fourth-order valence-corrected chi connectivity index (χ4v) is 15.5. The molecule has 6 aliphatic rings. The first-order valence-electron chi connectivity index (χ1n) is 39.7. The molecule has 14 bridgehead atoms. The first kappa shape index (κ1) is 86.0. The number of hydrogen-bond acceptors (Lipinski definition) is 19. The molecular weight excluding hydrogens is 1500 g/mol. The summed E-state index contributed by atoms with van der Waals surface area (Å²) < 4.78 is 43.0. The van der Waals surface area contributed by atoms with Crippen molar-refractivity contribution in [3.05, 3.63) is 148 Å². The number of aromatic nitrogens is 4. The third kappa shape index (κ3) is 22.8. The van der Waals surface area contributed by atoms with E-state index in [9.17, 15) is 38.7 Å². The van der Waals surface area contributed by atoms with E-state index in [2.05, 4.69) is 52.8 Å². The zero-order chi connectivity index (χ0) is 83.0. The average Bonchev–Trinajstić information content (AvgIpc) is 1.63. The number of methoxy groups -OCH3 is 1. The highest BCUT2D eigenvalue weighted by Crippen LogP contribution is 2.35. The number of hydrogen-bond donors (Lipinski definition) is 9. The largest absolute Gasteiger partial charge is 0.497 e. The number of Topliss-reactive ketones (excluding diaryl/α,β-unsaturated/α-hetero) is 2. The fourth-order valence-electron chi connectivity index (χ4n) is 15.5. The molecule has 0 aliphatic carbocycles. The second kappa shape index (κ2) is 39.2. The van der Waals surface area contributed by atoms with E-state index in [1.54, 1.807) is 90.6 Å². The van der Waals surface area contributed by atoms with Crippen molar-refractivity contribution in [2.45, 2.75) is 171 Å². The number of nitrogens with one attached hydrogen (secondary N) is 8. The first-order chi connectivity index (χ1) is 55.5. The van der Waals surface area contributed by atoms with E-state index in [4.69, 9.17) is 18.9 Å². The van der Waals surface area contributed by atoms with Crippen LogP contribution in [0.15, 0.2) is 103 Å². The normalized spacial score (nSPS) is 24.7. The van der Waals surface area contributed by atoms with Crippen molar-refractivity contribution in [2.24, 2.45) is 11.8 Å². The van der Waals surface area contributed by atoms with Crippen molar-refractivity contribution in [3.63, 3.8) is 0 Å². The molecule has 8 heterocycles. The molecule has 32 nitrogen and oxygen atoms in total. The number of amides is 10. The second-order valence-electron chi connectivity index (χ2n) is 31.9. The molecule has 0 unspecified atom stereocenters. The lowest BCUT2D eigenvalue weighted by atomic mass is 9.87. The number of benzene rings is 4. The molecule has 622 valence electrons. The van der Waals surface area contributed by atoms with Crippen LogP contribution in [0.4, 0.5) is 4.39 Å². The van der Waals surface area contributed by atoms with Crippen molar-refractivity contribution >= 4 is 81.5 Å². The number of carbonyl (C=O) groups excluding carboxylic acids is 12. The summed E-state index contributed by atoms with van der Waals surface area (Å²) >= 11 is 0. The number of likely N-dealkylation sites (N-methyl/N-ethyl adjacent to an activating group) is 1. The number of rotatable bonds is 15. The molecule has 11 atom stereocenters. The number of aliphatic hydroxyl groups is 1. The molecule has 0 spiro atoms. The Morgan fingerprint density at radius 1 is 0.733 bits per heavy atom. The van der Waals surface area contributed by atoms with Crippen molar-refractivity contribution in [2.75, 3.05) is 94.0 Å². The third-order valence-corrected chi connectivity index (χ3v) is 22.1. The highest BCUT2D eigenvalue weighted by atomic mass is 19.1. The summed E-state index contributed by atoms with van der Waals surface area (Å²) in [6.45, 7) is 4.88. The van der Waals surface area contributed by atoms with Crippen molar-refractivity contribution in [1.82, 2.24) is 71.9 Å². The van der Waals surface area contributed by atoms with E-state index in [1.807, 2.05) is 33.3 Å². The zero-order valence-corrected chi connectivity index (χ0v) is 66.8. The highest BCUT2D eigenvalue weighted by molar-refractivity contribution is 6.00. The molecule has 0 radical (unpaired) electrons. The van der Waals surface area contributed by atoms with Crippen LogP contribution in [0.2, 0.25) is 0 Å². The van der Waals surface area contributed by atoms with Gasteiger partial charge >= 0.3 is 0 Å². The summed E-state index contributed by atoms with van der Waals surface area (Å²) in [6, 6.07) is 16.5. The second-order valence-corrected chi connectivity index (χ2v) is 31.9. The Labute approximate surface area is 672 Å². The van der Waals surface area contributed by atoms with Crippen LogP contribution in [0.3, 0.4) is 0 Å². The molecule has 9 N–H and O–H groups in total. The predicted molar refractivity (Wildman–Crippen MR) is 419 cm³/mol. The SMILES string of the molecule is COc1ccc(C[C@@H]2NC(=O)[C@H]([C@@H](C)O)CC(=O)[C@@H]3[C@@H]4CCN3C(=O)[C@H]3CC(=O)[C@H](Cc5cccc(c5)CNC(=O)CO4)NC(=O)[C@@H](C)NC(=O)[C@H](CNC(=O)CCOCCOCC[N+](C)(C)C)NC(=O)CCC(=O)N[C@H](Cn4cc(nn4)Cn4cc(c5cc(F)ccc54)C3)c3ccc(cc3)CCNC(=O)[C@]3(C)CCCN3C2=O)cc1. The molecule has 6 aliphatic heterocycles. The maximum absolute atomic E-state index is 16.3. The Morgan fingerprint density at radius 2 is 1.47 bits per heavy atom. The van der Waals surface area contributed by atoms with Gasteiger partial charge < -0.3 is 85.4 Å². The lowest BCUT2D eigenvalue weighted by Gasteiger charge is -2.37. The number of fused-ring (bicyclic) bond motifs is 16. The number of ketones is 2.